The molecule has 6 rings (SSSR count). The number of anilines is 2. The zero-order valence-electron chi connectivity index (χ0n) is 21.5. The molecule has 3 N–H and O–H groups in total. The van der Waals surface area contributed by atoms with Gasteiger partial charge in [0, 0.05) is 76.3 Å². The molecule has 37 heavy (non-hydrogen) atoms. The third kappa shape index (κ3) is 5.87. The second kappa shape index (κ2) is 11.2. The fourth-order valence-corrected chi connectivity index (χ4v) is 5.88. The number of likely N-dealkylation sites (tertiary alicyclic amines) is 1. The maximum Gasteiger partial charge on any atom is 0.159 e. The Morgan fingerprint density at radius 1 is 0.973 bits per heavy atom. The average Bonchev–Trinajstić information content (AvgIpc) is 3.65. The Bertz CT molecular complexity index is 1180. The monoisotopic (exact) mass is 523 g/mol. The Kier molecular flexibility index (Phi) is 7.51. The summed E-state index contributed by atoms with van der Waals surface area (Å²) in [6, 6.07) is 9.04. The topological polar surface area (TPSA) is 83.6 Å². The molecule has 4 heterocycles. The molecule has 3 fully saturated rings. The molecule has 2 aromatic heterocycles. The van der Waals surface area contributed by atoms with Crippen molar-refractivity contribution in [3.63, 3.8) is 0 Å². The minimum absolute atomic E-state index is 0.266. The van der Waals surface area contributed by atoms with Crippen LogP contribution in [0.3, 0.4) is 0 Å². The highest BCUT2D eigenvalue weighted by molar-refractivity contribution is 6.34. The first kappa shape index (κ1) is 24.9. The standard InChI is InChI=1S/C28H38ClN7O/c29-24-18-30-28-26(25(24)31-22-8-11-35(12-9-22)19-20-2-3-20)32-27(33-28)21-4-6-23(7-5-21)36-15-13-34(14-16-36)10-1-17-37/h4-7,18,20,22,37H,1-3,8-17,19H2,(H2,30,31,32,33). The second-order valence-electron chi connectivity index (χ2n) is 10.9. The molecule has 0 unspecified atom stereocenters. The summed E-state index contributed by atoms with van der Waals surface area (Å²) in [6.45, 7) is 8.90. The molecule has 3 aliphatic rings. The summed E-state index contributed by atoms with van der Waals surface area (Å²) in [5.41, 5.74) is 4.74. The Morgan fingerprint density at radius 3 is 2.43 bits per heavy atom. The first-order chi connectivity index (χ1) is 18.2. The summed E-state index contributed by atoms with van der Waals surface area (Å²) in [7, 11) is 0. The van der Waals surface area contributed by atoms with Crippen molar-refractivity contribution >= 4 is 34.1 Å². The summed E-state index contributed by atoms with van der Waals surface area (Å²) >= 11 is 6.62. The molecule has 2 aliphatic heterocycles. The molecule has 8 nitrogen and oxygen atoms in total. The zero-order chi connectivity index (χ0) is 25.2. The second-order valence-corrected chi connectivity index (χ2v) is 11.3. The van der Waals surface area contributed by atoms with Gasteiger partial charge in [-0.15, -0.1) is 0 Å². The average molecular weight is 524 g/mol. The van der Waals surface area contributed by atoms with Crippen molar-refractivity contribution < 1.29 is 5.11 Å². The summed E-state index contributed by atoms with van der Waals surface area (Å²) in [4.78, 5) is 20.3. The van der Waals surface area contributed by atoms with Crippen LogP contribution in [-0.4, -0.2) is 94.9 Å². The normalized spacial score (nSPS) is 20.1. The fraction of sp³-hybridized carbons (Fsp3) is 0.571. The number of benzene rings is 1. The summed E-state index contributed by atoms with van der Waals surface area (Å²) < 4.78 is 0. The van der Waals surface area contributed by atoms with E-state index in [1.54, 1.807) is 6.20 Å². The number of hydrogen-bond donors (Lipinski definition) is 3. The molecule has 9 heteroatoms. The highest BCUT2D eigenvalue weighted by atomic mass is 35.5. The van der Waals surface area contributed by atoms with Gasteiger partial charge < -0.3 is 25.2 Å². The highest BCUT2D eigenvalue weighted by Crippen LogP contribution is 2.34. The van der Waals surface area contributed by atoms with Gasteiger partial charge in [0.2, 0.25) is 0 Å². The van der Waals surface area contributed by atoms with E-state index in [-0.39, 0.29) is 6.61 Å². The lowest BCUT2D eigenvalue weighted by Gasteiger charge is -2.36. The van der Waals surface area contributed by atoms with Crippen molar-refractivity contribution in [1.29, 1.82) is 0 Å². The van der Waals surface area contributed by atoms with Gasteiger partial charge in [0.1, 0.15) is 11.3 Å². The van der Waals surface area contributed by atoms with E-state index in [0.717, 1.165) is 99.2 Å². The first-order valence-corrected chi connectivity index (χ1v) is 14.3. The Morgan fingerprint density at radius 2 is 1.73 bits per heavy atom. The Balaban J connectivity index is 1.12. The maximum absolute atomic E-state index is 9.07. The molecule has 0 amide bonds. The number of aliphatic hydroxyl groups excluding tert-OH is 1. The number of aliphatic hydroxyl groups is 1. The van der Waals surface area contributed by atoms with E-state index in [9.17, 15) is 0 Å². The van der Waals surface area contributed by atoms with Crippen molar-refractivity contribution in [3.8, 4) is 11.4 Å². The number of fused-ring (bicyclic) bond motifs is 1. The van der Waals surface area contributed by atoms with Gasteiger partial charge in [0.05, 0.1) is 16.9 Å². The SMILES string of the molecule is OCCCN1CCN(c2ccc(-c3nc4c(NC5CCN(CC6CC6)CC5)c(Cl)cnc4[nH]3)cc2)CC1. The van der Waals surface area contributed by atoms with Crippen molar-refractivity contribution in [2.45, 2.75) is 38.1 Å². The number of nitrogens with one attached hydrogen (secondary N) is 2. The molecule has 0 atom stereocenters. The number of H-pyrrole nitrogens is 1. The molecule has 1 aromatic carbocycles. The Hall–Kier alpha value is -2.39. The van der Waals surface area contributed by atoms with Crippen LogP contribution < -0.4 is 10.2 Å². The van der Waals surface area contributed by atoms with E-state index in [1.165, 1.54) is 25.1 Å². The van der Waals surface area contributed by atoms with Crippen molar-refractivity contribution in [2.75, 3.05) is 69.2 Å². The highest BCUT2D eigenvalue weighted by Gasteiger charge is 2.27. The van der Waals surface area contributed by atoms with Gasteiger partial charge in [-0.05, 0) is 62.3 Å². The minimum Gasteiger partial charge on any atom is -0.396 e. The number of aromatic nitrogens is 3. The number of nitrogens with zero attached hydrogens (tertiary/aromatic N) is 5. The van der Waals surface area contributed by atoms with E-state index in [4.69, 9.17) is 21.7 Å². The van der Waals surface area contributed by atoms with Crippen LogP contribution in [0.15, 0.2) is 30.5 Å². The van der Waals surface area contributed by atoms with Crippen molar-refractivity contribution in [2.24, 2.45) is 5.92 Å². The maximum atomic E-state index is 9.07. The van der Waals surface area contributed by atoms with Crippen molar-refractivity contribution in [1.82, 2.24) is 24.8 Å². The van der Waals surface area contributed by atoms with Gasteiger partial charge in [-0.25, -0.2) is 9.97 Å². The quantitative estimate of drug-likeness (QED) is 0.390. The van der Waals surface area contributed by atoms with Crippen LogP contribution in [0.2, 0.25) is 5.02 Å². The zero-order valence-corrected chi connectivity index (χ0v) is 22.3. The molecule has 0 radical (unpaired) electrons. The summed E-state index contributed by atoms with van der Waals surface area (Å²) in [5, 5.41) is 13.4. The molecule has 1 saturated carbocycles. The summed E-state index contributed by atoms with van der Waals surface area (Å²) in [6.07, 6.45) is 7.65. The third-order valence-electron chi connectivity index (χ3n) is 8.13. The van der Waals surface area contributed by atoms with Crippen LogP contribution >= 0.6 is 11.6 Å². The van der Waals surface area contributed by atoms with Crippen molar-refractivity contribution in [3.05, 3.63) is 35.5 Å². The largest absolute Gasteiger partial charge is 0.396 e. The number of rotatable bonds is 9. The van der Waals surface area contributed by atoms with Gasteiger partial charge in [-0.2, -0.15) is 0 Å². The Labute approximate surface area is 224 Å². The predicted octanol–water partition coefficient (Wildman–Crippen LogP) is 4.07. The molecule has 0 bridgehead atoms. The first-order valence-electron chi connectivity index (χ1n) is 13.9. The van der Waals surface area contributed by atoms with Gasteiger partial charge in [-0.1, -0.05) is 11.6 Å². The number of halogens is 1. The third-order valence-corrected chi connectivity index (χ3v) is 8.41. The van der Waals surface area contributed by atoms with Crippen LogP contribution in [0, 0.1) is 5.92 Å². The predicted molar refractivity (Wildman–Crippen MR) is 150 cm³/mol. The van der Waals surface area contributed by atoms with Gasteiger partial charge >= 0.3 is 0 Å². The minimum atomic E-state index is 0.266. The van der Waals surface area contributed by atoms with Gasteiger partial charge in [0.25, 0.3) is 0 Å². The number of piperazine rings is 1. The number of pyridine rings is 1. The van der Waals surface area contributed by atoms with Gasteiger partial charge in [0.15, 0.2) is 5.65 Å². The lowest BCUT2D eigenvalue weighted by atomic mass is 10.0. The molecule has 0 spiro atoms. The number of piperidine rings is 1. The lowest BCUT2D eigenvalue weighted by Crippen LogP contribution is -2.46. The molecule has 3 aromatic rings. The van der Waals surface area contributed by atoms with Crippen LogP contribution in [-0.2, 0) is 0 Å². The van der Waals surface area contributed by atoms with Crippen LogP contribution in [0.25, 0.3) is 22.6 Å². The van der Waals surface area contributed by atoms with E-state index >= 15 is 0 Å². The van der Waals surface area contributed by atoms with Crippen LogP contribution in [0.4, 0.5) is 11.4 Å². The molecule has 198 valence electrons. The van der Waals surface area contributed by atoms with E-state index in [0.29, 0.717) is 11.1 Å². The molecule has 1 aliphatic carbocycles. The van der Waals surface area contributed by atoms with Gasteiger partial charge in [-0.3, -0.25) is 4.90 Å². The summed E-state index contributed by atoms with van der Waals surface area (Å²) in [5.74, 6) is 1.76. The number of aromatic amines is 1. The van der Waals surface area contributed by atoms with Crippen LogP contribution in [0.1, 0.15) is 32.1 Å². The molecule has 2 saturated heterocycles. The van der Waals surface area contributed by atoms with E-state index in [2.05, 4.69) is 54.2 Å². The van der Waals surface area contributed by atoms with E-state index < -0.39 is 0 Å². The smallest absolute Gasteiger partial charge is 0.159 e. The number of imidazole rings is 1. The number of hydrogen-bond acceptors (Lipinski definition) is 7. The lowest BCUT2D eigenvalue weighted by molar-refractivity contribution is 0.211. The van der Waals surface area contributed by atoms with Crippen LogP contribution in [0.5, 0.6) is 0 Å². The van der Waals surface area contributed by atoms with E-state index in [1.807, 2.05) is 0 Å². The molecular formula is C28H38ClN7O. The fourth-order valence-electron chi connectivity index (χ4n) is 5.69. The molecular weight excluding hydrogens is 486 g/mol.